The molecule has 5 heteroatoms. The van der Waals surface area contributed by atoms with E-state index in [1.54, 1.807) is 9.80 Å². The third-order valence-electron chi connectivity index (χ3n) is 4.62. The number of hydrogen-bond donors (Lipinski definition) is 0. The van der Waals surface area contributed by atoms with E-state index in [4.69, 9.17) is 4.74 Å². The molecule has 2 aromatic carbocycles. The first-order valence-electron chi connectivity index (χ1n) is 8.06. The quantitative estimate of drug-likeness (QED) is 0.812. The van der Waals surface area contributed by atoms with Gasteiger partial charge >= 0.3 is 12.0 Å². The number of carbonyl (C=O) groups is 2. The molecular formula is C19H18N2O3. The standard InChI is InChI=1S/C19H18N2O3/c22-18-17-16(13-24-18)20(11-14-7-3-1-4-8-14)19(23)21(17)12-15-9-5-2-6-10-15/h1-10,16-17H,11-13H2/t16-,17+/m0/s1. The summed E-state index contributed by atoms with van der Waals surface area (Å²) in [6.07, 6.45) is 0. The Labute approximate surface area is 140 Å². The molecule has 0 unspecified atom stereocenters. The van der Waals surface area contributed by atoms with Crippen molar-refractivity contribution in [2.75, 3.05) is 6.61 Å². The van der Waals surface area contributed by atoms with Gasteiger partial charge in [-0.2, -0.15) is 0 Å². The summed E-state index contributed by atoms with van der Waals surface area (Å²) in [5.74, 6) is -0.306. The molecule has 2 aliphatic rings. The van der Waals surface area contributed by atoms with Crippen molar-refractivity contribution in [3.63, 3.8) is 0 Å². The fourth-order valence-electron chi connectivity index (χ4n) is 3.43. The van der Waals surface area contributed by atoms with Crippen LogP contribution >= 0.6 is 0 Å². The summed E-state index contributed by atoms with van der Waals surface area (Å²) in [6.45, 7) is 1.18. The van der Waals surface area contributed by atoms with Gasteiger partial charge in [-0.1, -0.05) is 60.7 Å². The molecule has 2 amide bonds. The Morgan fingerprint density at radius 3 is 1.96 bits per heavy atom. The van der Waals surface area contributed by atoms with Crippen LogP contribution in [0.15, 0.2) is 60.7 Å². The van der Waals surface area contributed by atoms with Crippen LogP contribution in [0.3, 0.4) is 0 Å². The van der Waals surface area contributed by atoms with Gasteiger partial charge in [0.15, 0.2) is 6.04 Å². The number of amides is 2. The first-order valence-corrected chi connectivity index (χ1v) is 8.06. The van der Waals surface area contributed by atoms with E-state index in [0.717, 1.165) is 11.1 Å². The zero-order valence-corrected chi connectivity index (χ0v) is 13.2. The van der Waals surface area contributed by atoms with Crippen LogP contribution in [0.5, 0.6) is 0 Å². The monoisotopic (exact) mass is 322 g/mol. The molecule has 2 fully saturated rings. The number of hydrogen-bond acceptors (Lipinski definition) is 3. The van der Waals surface area contributed by atoms with Gasteiger partial charge in [-0.15, -0.1) is 0 Å². The largest absolute Gasteiger partial charge is 0.462 e. The molecule has 0 radical (unpaired) electrons. The van der Waals surface area contributed by atoms with Crippen LogP contribution in [0.2, 0.25) is 0 Å². The number of urea groups is 1. The van der Waals surface area contributed by atoms with Crippen molar-refractivity contribution >= 4 is 12.0 Å². The van der Waals surface area contributed by atoms with Gasteiger partial charge in [0.1, 0.15) is 6.61 Å². The van der Waals surface area contributed by atoms with Crippen LogP contribution < -0.4 is 0 Å². The zero-order chi connectivity index (χ0) is 16.5. The minimum absolute atomic E-state index is 0.102. The maximum atomic E-state index is 12.9. The smallest absolute Gasteiger partial charge is 0.331 e. The predicted molar refractivity (Wildman–Crippen MR) is 87.9 cm³/mol. The molecule has 0 bridgehead atoms. The minimum Gasteiger partial charge on any atom is -0.462 e. The van der Waals surface area contributed by atoms with E-state index in [2.05, 4.69) is 0 Å². The van der Waals surface area contributed by atoms with Gasteiger partial charge in [0, 0.05) is 13.1 Å². The average molecular weight is 322 g/mol. The van der Waals surface area contributed by atoms with Gasteiger partial charge in [0.25, 0.3) is 0 Å². The molecule has 2 aliphatic heterocycles. The topological polar surface area (TPSA) is 49.9 Å². The lowest BCUT2D eigenvalue weighted by Crippen LogP contribution is -2.38. The van der Waals surface area contributed by atoms with Crippen molar-refractivity contribution in [1.29, 1.82) is 0 Å². The number of nitrogens with zero attached hydrogens (tertiary/aromatic N) is 2. The lowest BCUT2D eigenvalue weighted by molar-refractivity contribution is -0.141. The van der Waals surface area contributed by atoms with Crippen molar-refractivity contribution < 1.29 is 14.3 Å². The molecule has 2 saturated heterocycles. The highest BCUT2D eigenvalue weighted by molar-refractivity contribution is 5.90. The molecule has 122 valence electrons. The van der Waals surface area contributed by atoms with Gasteiger partial charge in [-0.25, -0.2) is 9.59 Å². The number of esters is 1. The summed E-state index contributed by atoms with van der Waals surface area (Å²) >= 11 is 0. The predicted octanol–water partition coefficient (Wildman–Crippen LogP) is 2.42. The zero-order valence-electron chi connectivity index (χ0n) is 13.2. The van der Waals surface area contributed by atoms with E-state index in [1.165, 1.54) is 0 Å². The number of ether oxygens (including phenoxy) is 1. The van der Waals surface area contributed by atoms with Crippen molar-refractivity contribution in [2.45, 2.75) is 25.2 Å². The summed E-state index contributed by atoms with van der Waals surface area (Å²) in [5.41, 5.74) is 2.05. The number of carbonyl (C=O) groups excluding carboxylic acids is 2. The fourth-order valence-corrected chi connectivity index (χ4v) is 3.43. The van der Waals surface area contributed by atoms with E-state index < -0.39 is 6.04 Å². The van der Waals surface area contributed by atoms with E-state index in [1.807, 2.05) is 60.7 Å². The number of rotatable bonds is 4. The SMILES string of the molecule is O=C1OC[C@H]2[C@H]1N(Cc1ccccc1)C(=O)N2Cc1ccccc1. The maximum absolute atomic E-state index is 12.9. The van der Waals surface area contributed by atoms with E-state index in [0.29, 0.717) is 13.1 Å². The second kappa shape index (κ2) is 6.00. The molecule has 0 N–H and O–H groups in total. The van der Waals surface area contributed by atoms with Crippen molar-refractivity contribution in [3.8, 4) is 0 Å². The third-order valence-corrected chi connectivity index (χ3v) is 4.62. The maximum Gasteiger partial charge on any atom is 0.331 e. The Kier molecular flexibility index (Phi) is 3.69. The van der Waals surface area contributed by atoms with Crippen LogP contribution in [-0.4, -0.2) is 40.5 Å². The Morgan fingerprint density at radius 1 is 0.833 bits per heavy atom. The minimum atomic E-state index is -0.513. The highest BCUT2D eigenvalue weighted by atomic mass is 16.5. The van der Waals surface area contributed by atoms with E-state index in [-0.39, 0.29) is 24.6 Å². The molecule has 0 saturated carbocycles. The summed E-state index contributed by atoms with van der Waals surface area (Å²) in [5, 5.41) is 0. The van der Waals surface area contributed by atoms with E-state index in [9.17, 15) is 9.59 Å². The van der Waals surface area contributed by atoms with Gasteiger partial charge in [-0.05, 0) is 11.1 Å². The normalized spacial score (nSPS) is 22.7. The Balaban J connectivity index is 1.60. The molecule has 2 heterocycles. The van der Waals surface area contributed by atoms with Gasteiger partial charge in [-0.3, -0.25) is 0 Å². The first-order chi connectivity index (χ1) is 11.7. The molecule has 0 aliphatic carbocycles. The van der Waals surface area contributed by atoms with Gasteiger partial charge < -0.3 is 14.5 Å². The summed E-state index contributed by atoms with van der Waals surface area (Å²) < 4.78 is 5.23. The van der Waals surface area contributed by atoms with Crippen LogP contribution in [-0.2, 0) is 22.6 Å². The number of benzene rings is 2. The highest BCUT2D eigenvalue weighted by Gasteiger charge is 2.54. The Hall–Kier alpha value is -2.82. The molecule has 24 heavy (non-hydrogen) atoms. The molecule has 5 nitrogen and oxygen atoms in total. The Morgan fingerprint density at radius 2 is 1.38 bits per heavy atom. The van der Waals surface area contributed by atoms with Crippen molar-refractivity contribution in [1.82, 2.24) is 9.80 Å². The highest BCUT2D eigenvalue weighted by Crippen LogP contribution is 2.31. The van der Waals surface area contributed by atoms with Crippen LogP contribution in [0.25, 0.3) is 0 Å². The lowest BCUT2D eigenvalue weighted by atomic mass is 10.1. The van der Waals surface area contributed by atoms with Crippen molar-refractivity contribution in [2.24, 2.45) is 0 Å². The second-order valence-electron chi connectivity index (χ2n) is 6.15. The summed E-state index contributed by atoms with van der Waals surface area (Å²) in [7, 11) is 0. The summed E-state index contributed by atoms with van der Waals surface area (Å²) in [6, 6.07) is 18.7. The Bertz CT molecular complexity index is 748. The molecular weight excluding hydrogens is 304 g/mol. The fraction of sp³-hybridized carbons (Fsp3) is 0.263. The number of fused-ring (bicyclic) bond motifs is 1. The van der Waals surface area contributed by atoms with Crippen LogP contribution in [0.1, 0.15) is 11.1 Å². The van der Waals surface area contributed by atoms with Gasteiger partial charge in [0.2, 0.25) is 0 Å². The van der Waals surface area contributed by atoms with E-state index >= 15 is 0 Å². The molecule has 2 aromatic rings. The van der Waals surface area contributed by atoms with Gasteiger partial charge in [0.05, 0.1) is 6.04 Å². The van der Waals surface area contributed by atoms with Crippen LogP contribution in [0.4, 0.5) is 4.79 Å². The molecule has 0 aromatic heterocycles. The average Bonchev–Trinajstić information content (AvgIpc) is 3.11. The molecule has 2 atom stereocenters. The first kappa shape index (κ1) is 14.8. The lowest BCUT2D eigenvalue weighted by Gasteiger charge is -2.22. The second-order valence-corrected chi connectivity index (χ2v) is 6.15. The molecule has 4 rings (SSSR count). The molecule has 0 spiro atoms. The number of cyclic esters (lactones) is 1. The van der Waals surface area contributed by atoms with Crippen LogP contribution in [0, 0.1) is 0 Å². The third kappa shape index (κ3) is 2.52. The summed E-state index contributed by atoms with van der Waals surface area (Å²) in [4.78, 5) is 28.5. The van der Waals surface area contributed by atoms with Crippen molar-refractivity contribution in [3.05, 3.63) is 71.8 Å².